The number of morpholine rings is 1. The summed E-state index contributed by atoms with van der Waals surface area (Å²) in [6.45, 7) is 7.48. The zero-order valence-electron chi connectivity index (χ0n) is 14.0. The van der Waals surface area contributed by atoms with Crippen molar-refractivity contribution >= 4 is 22.0 Å². The maximum atomic E-state index is 12.3. The number of carbonyl (C=O) groups is 2. The molecule has 2 fully saturated rings. The lowest BCUT2D eigenvalue weighted by Crippen LogP contribution is -2.56. The lowest BCUT2D eigenvalue weighted by atomic mass is 10.2. The van der Waals surface area contributed by atoms with Gasteiger partial charge in [-0.3, -0.25) is 14.5 Å². The van der Waals surface area contributed by atoms with Gasteiger partial charge in [-0.15, -0.1) is 0 Å². The van der Waals surface area contributed by atoms with Gasteiger partial charge >= 0.3 is 10.2 Å². The van der Waals surface area contributed by atoms with Crippen molar-refractivity contribution in [3.8, 4) is 0 Å². The van der Waals surface area contributed by atoms with Crippen LogP contribution in [0.2, 0.25) is 0 Å². The molecule has 0 aromatic rings. The molecule has 2 aliphatic rings. The Morgan fingerprint density at radius 1 is 1.08 bits per heavy atom. The number of likely N-dealkylation sites (N-methyl/N-ethyl adjacent to an activating group) is 2. The minimum absolute atomic E-state index is 0.0178. The number of hydrogen-bond donors (Lipinski definition) is 1. The van der Waals surface area contributed by atoms with Gasteiger partial charge in [0, 0.05) is 45.5 Å². The fourth-order valence-electron chi connectivity index (χ4n) is 2.65. The lowest BCUT2D eigenvalue weighted by molar-refractivity contribution is -0.131. The van der Waals surface area contributed by atoms with Gasteiger partial charge in [-0.05, 0) is 13.8 Å². The Hall–Kier alpha value is -1.65. The normalized spacial score (nSPS) is 22.0. The van der Waals surface area contributed by atoms with Gasteiger partial charge in [0.2, 0.25) is 0 Å². The van der Waals surface area contributed by atoms with Crippen molar-refractivity contribution < 1.29 is 22.7 Å². The van der Waals surface area contributed by atoms with Gasteiger partial charge < -0.3 is 10.1 Å². The summed E-state index contributed by atoms with van der Waals surface area (Å²) >= 11 is 0. The van der Waals surface area contributed by atoms with Crippen LogP contribution in [0.1, 0.15) is 13.8 Å². The van der Waals surface area contributed by atoms with Gasteiger partial charge in [0.1, 0.15) is 5.57 Å². The SMILES string of the molecule is CCN1C(=O)C(=CNCCN2CCOCC2)C(=O)N(CC)S1(=O)=O. The molecule has 1 N–H and O–H groups in total. The Morgan fingerprint density at radius 3 is 2.12 bits per heavy atom. The van der Waals surface area contributed by atoms with E-state index in [1.165, 1.54) is 6.20 Å². The van der Waals surface area contributed by atoms with Crippen LogP contribution in [0.25, 0.3) is 0 Å². The summed E-state index contributed by atoms with van der Waals surface area (Å²) in [5, 5.41) is 2.95. The van der Waals surface area contributed by atoms with E-state index < -0.39 is 22.0 Å². The van der Waals surface area contributed by atoms with Crippen molar-refractivity contribution in [2.75, 3.05) is 52.5 Å². The average Bonchev–Trinajstić information content (AvgIpc) is 2.55. The van der Waals surface area contributed by atoms with Crippen LogP contribution >= 0.6 is 0 Å². The number of hydrogen-bond acceptors (Lipinski definition) is 7. The van der Waals surface area contributed by atoms with Gasteiger partial charge in [0.15, 0.2) is 0 Å². The molecular weight excluding hydrogens is 336 g/mol. The summed E-state index contributed by atoms with van der Waals surface area (Å²) in [7, 11) is -4.07. The van der Waals surface area contributed by atoms with Crippen LogP contribution in [0.15, 0.2) is 11.8 Å². The van der Waals surface area contributed by atoms with Crippen LogP contribution in [0.3, 0.4) is 0 Å². The van der Waals surface area contributed by atoms with E-state index in [0.717, 1.165) is 19.6 Å². The van der Waals surface area contributed by atoms with E-state index in [1.807, 2.05) is 0 Å². The molecule has 0 saturated carbocycles. The molecular formula is C14H24N4O5S. The van der Waals surface area contributed by atoms with Crippen molar-refractivity contribution in [2.24, 2.45) is 0 Å². The van der Waals surface area contributed by atoms with E-state index >= 15 is 0 Å². The van der Waals surface area contributed by atoms with E-state index in [1.54, 1.807) is 13.8 Å². The zero-order chi connectivity index (χ0) is 17.7. The first-order valence-corrected chi connectivity index (χ1v) is 9.45. The average molecular weight is 360 g/mol. The molecule has 0 radical (unpaired) electrons. The van der Waals surface area contributed by atoms with E-state index in [0.29, 0.717) is 28.4 Å². The number of amides is 2. The molecule has 0 aromatic heterocycles. The predicted molar refractivity (Wildman–Crippen MR) is 87.0 cm³/mol. The number of ether oxygens (including phenoxy) is 1. The maximum Gasteiger partial charge on any atom is 0.331 e. The van der Waals surface area contributed by atoms with Gasteiger partial charge in [0.05, 0.1) is 13.2 Å². The summed E-state index contributed by atoms with van der Waals surface area (Å²) < 4.78 is 31.1. The molecule has 0 aliphatic carbocycles. The van der Waals surface area contributed by atoms with E-state index in [9.17, 15) is 18.0 Å². The van der Waals surface area contributed by atoms with Gasteiger partial charge in [-0.1, -0.05) is 0 Å². The van der Waals surface area contributed by atoms with Crippen molar-refractivity contribution in [2.45, 2.75) is 13.8 Å². The predicted octanol–water partition coefficient (Wildman–Crippen LogP) is -1.25. The molecule has 2 amide bonds. The third kappa shape index (κ3) is 3.70. The van der Waals surface area contributed by atoms with Gasteiger partial charge in [0.25, 0.3) is 11.8 Å². The summed E-state index contributed by atoms with van der Waals surface area (Å²) in [6, 6.07) is 0. The van der Waals surface area contributed by atoms with Gasteiger partial charge in [-0.2, -0.15) is 8.42 Å². The molecule has 0 unspecified atom stereocenters. The topological polar surface area (TPSA) is 99.3 Å². The largest absolute Gasteiger partial charge is 0.389 e. The minimum atomic E-state index is -4.07. The number of nitrogens with one attached hydrogen (secondary N) is 1. The monoisotopic (exact) mass is 360 g/mol. The first-order chi connectivity index (χ1) is 11.4. The zero-order valence-corrected chi connectivity index (χ0v) is 14.8. The number of rotatable bonds is 6. The fourth-order valence-corrected chi connectivity index (χ4v) is 4.15. The molecule has 9 nitrogen and oxygen atoms in total. The molecule has 2 rings (SSSR count). The van der Waals surface area contributed by atoms with Crippen molar-refractivity contribution in [1.29, 1.82) is 0 Å². The molecule has 10 heteroatoms. The third-order valence-electron chi connectivity index (χ3n) is 3.97. The standard InChI is InChI=1S/C14H24N4O5S/c1-3-17-13(19)12(14(20)18(4-2)24(17,21)22)11-15-5-6-16-7-9-23-10-8-16/h11,15H,3-10H2,1-2H3. The molecule has 2 heterocycles. The van der Waals surface area contributed by atoms with Crippen LogP contribution in [-0.4, -0.2) is 86.2 Å². The smallest absolute Gasteiger partial charge is 0.331 e. The van der Waals surface area contributed by atoms with E-state index in [2.05, 4.69) is 10.2 Å². The molecule has 0 bridgehead atoms. The summed E-state index contributed by atoms with van der Waals surface area (Å²) in [6.07, 6.45) is 1.32. The highest BCUT2D eigenvalue weighted by atomic mass is 32.2. The Balaban J connectivity index is 2.04. The van der Waals surface area contributed by atoms with Crippen molar-refractivity contribution in [3.05, 3.63) is 11.8 Å². The second-order valence-electron chi connectivity index (χ2n) is 5.41. The summed E-state index contributed by atoms with van der Waals surface area (Å²) in [5.41, 5.74) is -0.157. The van der Waals surface area contributed by atoms with Gasteiger partial charge in [-0.25, -0.2) is 8.61 Å². The Bertz CT molecular complexity index is 581. The Morgan fingerprint density at radius 2 is 1.62 bits per heavy atom. The van der Waals surface area contributed by atoms with E-state index in [4.69, 9.17) is 4.74 Å². The summed E-state index contributed by atoms with van der Waals surface area (Å²) in [4.78, 5) is 26.8. The molecule has 0 atom stereocenters. The Kier molecular flexibility index (Phi) is 6.19. The fraction of sp³-hybridized carbons (Fsp3) is 0.714. The van der Waals surface area contributed by atoms with Crippen LogP contribution in [0, 0.1) is 0 Å². The molecule has 136 valence electrons. The highest BCUT2D eigenvalue weighted by Gasteiger charge is 2.45. The lowest BCUT2D eigenvalue weighted by Gasteiger charge is -2.34. The third-order valence-corrected chi connectivity index (χ3v) is 5.93. The Labute approximate surface area is 142 Å². The van der Waals surface area contributed by atoms with Crippen LogP contribution in [0.5, 0.6) is 0 Å². The molecule has 24 heavy (non-hydrogen) atoms. The van der Waals surface area contributed by atoms with Crippen LogP contribution < -0.4 is 5.32 Å². The minimum Gasteiger partial charge on any atom is -0.389 e. The second kappa shape index (κ2) is 7.95. The highest BCUT2D eigenvalue weighted by molar-refractivity contribution is 7.88. The number of carbonyl (C=O) groups excluding carboxylic acids is 2. The quantitative estimate of drug-likeness (QED) is 0.359. The molecule has 0 spiro atoms. The molecule has 0 aromatic carbocycles. The first kappa shape index (κ1) is 18.7. The maximum absolute atomic E-state index is 12.3. The van der Waals surface area contributed by atoms with Crippen LogP contribution in [-0.2, 0) is 24.5 Å². The number of nitrogens with zero attached hydrogens (tertiary/aromatic N) is 3. The molecule has 2 aliphatic heterocycles. The highest BCUT2D eigenvalue weighted by Crippen LogP contribution is 2.21. The summed E-state index contributed by atoms with van der Waals surface area (Å²) in [5.74, 6) is -1.57. The van der Waals surface area contributed by atoms with E-state index in [-0.39, 0.29) is 18.7 Å². The second-order valence-corrected chi connectivity index (χ2v) is 7.19. The molecule has 2 saturated heterocycles. The van der Waals surface area contributed by atoms with Crippen LogP contribution in [0.4, 0.5) is 0 Å². The van der Waals surface area contributed by atoms with Crippen molar-refractivity contribution in [3.63, 3.8) is 0 Å². The van der Waals surface area contributed by atoms with Crippen molar-refractivity contribution in [1.82, 2.24) is 18.8 Å². The first-order valence-electron chi connectivity index (χ1n) is 8.06.